The zero-order valence-corrected chi connectivity index (χ0v) is 11.9. The van der Waals surface area contributed by atoms with E-state index in [2.05, 4.69) is 24.1 Å². The van der Waals surface area contributed by atoms with E-state index in [9.17, 15) is 0 Å². The van der Waals surface area contributed by atoms with Crippen molar-refractivity contribution in [1.82, 2.24) is 10.2 Å². The van der Waals surface area contributed by atoms with Crippen molar-refractivity contribution in [3.63, 3.8) is 0 Å². The van der Waals surface area contributed by atoms with Crippen LogP contribution in [0.2, 0.25) is 0 Å². The lowest BCUT2D eigenvalue weighted by molar-refractivity contribution is 0.182. The largest absolute Gasteiger partial charge is 0.312 e. The zero-order valence-electron chi connectivity index (χ0n) is 11.9. The van der Waals surface area contributed by atoms with Crippen molar-refractivity contribution in [3.8, 4) is 0 Å². The molecule has 4 fully saturated rings. The molecule has 2 heteroatoms. The number of nitrogens with one attached hydrogen (secondary N) is 1. The number of hydrogen-bond acceptors (Lipinski definition) is 2. The summed E-state index contributed by atoms with van der Waals surface area (Å²) in [6.45, 7) is 7.41. The SMILES string of the molecule is CC1CCN(C2C3C4CCC(C4)C32)CCC(C)N1. The lowest BCUT2D eigenvalue weighted by Crippen LogP contribution is -2.44. The van der Waals surface area contributed by atoms with Gasteiger partial charge in [-0.05, 0) is 82.7 Å². The van der Waals surface area contributed by atoms with Gasteiger partial charge in [-0.3, -0.25) is 4.90 Å². The van der Waals surface area contributed by atoms with Crippen LogP contribution in [0.5, 0.6) is 0 Å². The molecule has 0 aromatic heterocycles. The first-order valence-electron chi connectivity index (χ1n) is 8.24. The maximum atomic E-state index is 3.72. The van der Waals surface area contributed by atoms with Gasteiger partial charge < -0.3 is 5.32 Å². The van der Waals surface area contributed by atoms with Gasteiger partial charge in [0, 0.05) is 18.1 Å². The summed E-state index contributed by atoms with van der Waals surface area (Å²) in [6, 6.07) is 2.42. The second-order valence-corrected chi connectivity index (χ2v) is 7.56. The summed E-state index contributed by atoms with van der Waals surface area (Å²) in [5.41, 5.74) is 0. The van der Waals surface area contributed by atoms with Crippen LogP contribution in [-0.4, -0.2) is 36.1 Å². The van der Waals surface area contributed by atoms with E-state index in [1.807, 2.05) is 0 Å². The third-order valence-corrected chi connectivity index (χ3v) is 6.38. The fourth-order valence-electron chi connectivity index (χ4n) is 5.55. The van der Waals surface area contributed by atoms with Crippen LogP contribution in [0.1, 0.15) is 46.0 Å². The molecule has 6 atom stereocenters. The van der Waals surface area contributed by atoms with Crippen molar-refractivity contribution in [3.05, 3.63) is 0 Å². The summed E-state index contributed by atoms with van der Waals surface area (Å²) in [5.74, 6) is 4.51. The van der Waals surface area contributed by atoms with Gasteiger partial charge >= 0.3 is 0 Å². The van der Waals surface area contributed by atoms with Crippen LogP contribution in [-0.2, 0) is 0 Å². The second kappa shape index (κ2) is 4.21. The molecule has 102 valence electrons. The van der Waals surface area contributed by atoms with Crippen molar-refractivity contribution in [2.24, 2.45) is 23.7 Å². The molecule has 1 saturated heterocycles. The van der Waals surface area contributed by atoms with Crippen LogP contribution in [0.4, 0.5) is 0 Å². The molecule has 2 nitrogen and oxygen atoms in total. The first-order chi connectivity index (χ1) is 8.74. The summed E-state index contributed by atoms with van der Waals surface area (Å²) in [5, 5.41) is 3.72. The summed E-state index contributed by atoms with van der Waals surface area (Å²) in [4.78, 5) is 2.88. The summed E-state index contributed by atoms with van der Waals surface area (Å²) < 4.78 is 0. The highest BCUT2D eigenvalue weighted by atomic mass is 15.2. The molecule has 18 heavy (non-hydrogen) atoms. The van der Waals surface area contributed by atoms with E-state index in [1.165, 1.54) is 25.9 Å². The van der Waals surface area contributed by atoms with Crippen LogP contribution >= 0.6 is 0 Å². The maximum Gasteiger partial charge on any atom is 0.0164 e. The minimum absolute atomic E-state index is 0.707. The average molecular weight is 248 g/mol. The van der Waals surface area contributed by atoms with E-state index < -0.39 is 0 Å². The van der Waals surface area contributed by atoms with E-state index in [4.69, 9.17) is 0 Å². The third-order valence-electron chi connectivity index (χ3n) is 6.38. The van der Waals surface area contributed by atoms with E-state index >= 15 is 0 Å². The highest BCUT2D eigenvalue weighted by molar-refractivity contribution is 5.17. The molecule has 3 saturated carbocycles. The van der Waals surface area contributed by atoms with Crippen molar-refractivity contribution >= 4 is 0 Å². The predicted octanol–water partition coefficient (Wildman–Crippen LogP) is 2.49. The number of nitrogens with zero attached hydrogens (tertiary/aromatic N) is 1. The van der Waals surface area contributed by atoms with Gasteiger partial charge in [0.2, 0.25) is 0 Å². The predicted molar refractivity (Wildman–Crippen MR) is 74.5 cm³/mol. The van der Waals surface area contributed by atoms with Crippen LogP contribution in [0.3, 0.4) is 0 Å². The van der Waals surface area contributed by atoms with Crippen LogP contribution < -0.4 is 5.32 Å². The Bertz CT molecular complexity index is 301. The fraction of sp³-hybridized carbons (Fsp3) is 1.00. The van der Waals surface area contributed by atoms with Crippen molar-refractivity contribution < 1.29 is 0 Å². The Morgan fingerprint density at radius 1 is 0.833 bits per heavy atom. The van der Waals surface area contributed by atoms with Crippen molar-refractivity contribution in [2.45, 2.75) is 64.1 Å². The molecule has 0 aromatic carbocycles. The summed E-state index contributed by atoms with van der Waals surface area (Å²) in [6.07, 6.45) is 7.40. The topological polar surface area (TPSA) is 15.3 Å². The first-order valence-corrected chi connectivity index (χ1v) is 8.24. The van der Waals surface area contributed by atoms with Gasteiger partial charge in [-0.1, -0.05) is 0 Å². The van der Waals surface area contributed by atoms with Gasteiger partial charge in [0.1, 0.15) is 0 Å². The minimum Gasteiger partial charge on any atom is -0.312 e. The molecule has 4 aliphatic rings. The molecule has 2 bridgehead atoms. The molecule has 1 aliphatic heterocycles. The summed E-state index contributed by atoms with van der Waals surface area (Å²) in [7, 11) is 0. The Labute approximate surface area is 111 Å². The molecule has 0 amide bonds. The number of hydrogen-bond donors (Lipinski definition) is 1. The molecule has 0 aromatic rings. The number of rotatable bonds is 1. The van der Waals surface area contributed by atoms with Crippen LogP contribution in [0.25, 0.3) is 0 Å². The Kier molecular flexibility index (Phi) is 2.74. The molecule has 6 unspecified atom stereocenters. The highest BCUT2D eigenvalue weighted by Crippen LogP contribution is 2.67. The van der Waals surface area contributed by atoms with Gasteiger partial charge in [0.15, 0.2) is 0 Å². The first kappa shape index (κ1) is 11.7. The quantitative estimate of drug-likeness (QED) is 0.767. The second-order valence-electron chi connectivity index (χ2n) is 7.56. The molecule has 4 rings (SSSR count). The smallest absolute Gasteiger partial charge is 0.0164 e. The Morgan fingerprint density at radius 2 is 1.39 bits per heavy atom. The molecule has 1 N–H and O–H groups in total. The molecular formula is C16H28N2. The van der Waals surface area contributed by atoms with E-state index in [-0.39, 0.29) is 0 Å². The van der Waals surface area contributed by atoms with Crippen molar-refractivity contribution in [2.75, 3.05) is 13.1 Å². The molecule has 3 aliphatic carbocycles. The Balaban J connectivity index is 1.43. The molecular weight excluding hydrogens is 220 g/mol. The Morgan fingerprint density at radius 3 is 1.94 bits per heavy atom. The monoisotopic (exact) mass is 248 g/mol. The van der Waals surface area contributed by atoms with Gasteiger partial charge in [0.25, 0.3) is 0 Å². The van der Waals surface area contributed by atoms with Gasteiger partial charge in [-0.2, -0.15) is 0 Å². The Hall–Kier alpha value is -0.0800. The fourth-order valence-corrected chi connectivity index (χ4v) is 5.55. The van der Waals surface area contributed by atoms with E-state index in [0.717, 1.165) is 29.7 Å². The van der Waals surface area contributed by atoms with Crippen LogP contribution in [0.15, 0.2) is 0 Å². The lowest BCUT2D eigenvalue weighted by Gasteiger charge is -2.32. The number of fused-ring (bicyclic) bond motifs is 5. The molecule has 1 heterocycles. The highest BCUT2D eigenvalue weighted by Gasteiger charge is 2.66. The molecule has 0 spiro atoms. The average Bonchev–Trinajstić information content (AvgIpc) is 2.77. The normalized spacial score (nSPS) is 56.0. The molecule has 0 radical (unpaired) electrons. The lowest BCUT2D eigenvalue weighted by atomic mass is 10.0. The maximum absolute atomic E-state index is 3.72. The van der Waals surface area contributed by atoms with E-state index in [0.29, 0.717) is 12.1 Å². The minimum atomic E-state index is 0.707. The van der Waals surface area contributed by atoms with Gasteiger partial charge in [-0.25, -0.2) is 0 Å². The van der Waals surface area contributed by atoms with Gasteiger partial charge in [0.05, 0.1) is 0 Å². The zero-order chi connectivity index (χ0) is 12.3. The van der Waals surface area contributed by atoms with Gasteiger partial charge in [-0.15, -0.1) is 0 Å². The summed E-state index contributed by atoms with van der Waals surface area (Å²) >= 11 is 0. The standard InChI is InChI=1S/C16H28N2/c1-10-5-7-18(8-6-11(2)17-10)16-14-12-3-4-13(9-12)15(14)16/h10-17H,3-9H2,1-2H3. The third kappa shape index (κ3) is 1.76. The van der Waals surface area contributed by atoms with Crippen molar-refractivity contribution in [1.29, 1.82) is 0 Å². The van der Waals surface area contributed by atoms with E-state index in [1.54, 1.807) is 19.3 Å². The van der Waals surface area contributed by atoms with Crippen LogP contribution in [0, 0.1) is 23.7 Å².